The van der Waals surface area contributed by atoms with Gasteiger partial charge in [-0.3, -0.25) is 4.79 Å². The molecular weight excluding hydrogens is 224 g/mol. The summed E-state index contributed by atoms with van der Waals surface area (Å²) >= 11 is 5.42. The average Bonchev–Trinajstić information content (AvgIpc) is 2.31. The molecule has 0 unspecified atom stereocenters. The topological polar surface area (TPSA) is 26.3 Å². The lowest BCUT2D eigenvalue weighted by Gasteiger charge is -2.01. The van der Waals surface area contributed by atoms with Crippen LogP contribution in [0.4, 0.5) is 0 Å². The van der Waals surface area contributed by atoms with Crippen molar-refractivity contribution in [3.8, 4) is 0 Å². The van der Waals surface area contributed by atoms with Gasteiger partial charge in [-0.1, -0.05) is 49.8 Å². The summed E-state index contributed by atoms with van der Waals surface area (Å²) in [6, 6.07) is 0. The first-order chi connectivity index (χ1) is 7.81. The van der Waals surface area contributed by atoms with Crippen LogP contribution in [0.5, 0.6) is 0 Å². The molecule has 94 valence electrons. The minimum Gasteiger partial charge on any atom is -0.469 e. The zero-order chi connectivity index (χ0) is 12.1. The molecule has 0 bridgehead atoms. The molecule has 0 aliphatic carbocycles. The number of allylic oxidation sites excluding steroid dienone is 1. The molecule has 0 aliphatic heterocycles. The molecule has 2 nitrogen and oxygen atoms in total. The van der Waals surface area contributed by atoms with Crippen LogP contribution in [0.1, 0.15) is 57.8 Å². The lowest BCUT2D eigenvalue weighted by atomic mass is 10.1. The van der Waals surface area contributed by atoms with E-state index in [4.69, 9.17) is 11.6 Å². The third-order valence-electron chi connectivity index (χ3n) is 2.57. The third-order valence-corrected chi connectivity index (χ3v) is 2.75. The standard InChI is InChI=1S/C13H23ClO2/c1-16-13(15)11-9-7-5-3-2-4-6-8-10-12-14/h10,12H,2-9,11H2,1H3/b12-10-. The van der Waals surface area contributed by atoms with Gasteiger partial charge in [0, 0.05) is 12.0 Å². The Balaban J connectivity index is 3.01. The van der Waals surface area contributed by atoms with E-state index >= 15 is 0 Å². The summed E-state index contributed by atoms with van der Waals surface area (Å²) in [6.45, 7) is 0. The van der Waals surface area contributed by atoms with E-state index in [2.05, 4.69) is 4.74 Å². The van der Waals surface area contributed by atoms with Gasteiger partial charge in [0.1, 0.15) is 0 Å². The smallest absolute Gasteiger partial charge is 0.305 e. The van der Waals surface area contributed by atoms with Crippen molar-refractivity contribution in [1.29, 1.82) is 0 Å². The van der Waals surface area contributed by atoms with E-state index in [-0.39, 0.29) is 5.97 Å². The van der Waals surface area contributed by atoms with Crippen LogP contribution in [0.15, 0.2) is 11.6 Å². The van der Waals surface area contributed by atoms with Gasteiger partial charge >= 0.3 is 5.97 Å². The number of methoxy groups -OCH3 is 1. The first-order valence-electron chi connectivity index (χ1n) is 6.13. The maximum atomic E-state index is 10.8. The molecular formula is C13H23ClO2. The summed E-state index contributed by atoms with van der Waals surface area (Å²) in [5.74, 6) is -0.0899. The number of esters is 1. The van der Waals surface area contributed by atoms with Crippen LogP contribution in [0.2, 0.25) is 0 Å². The number of halogens is 1. The molecule has 0 saturated carbocycles. The summed E-state index contributed by atoms with van der Waals surface area (Å²) in [5, 5.41) is 0. The zero-order valence-corrected chi connectivity index (χ0v) is 11.0. The van der Waals surface area contributed by atoms with Crippen LogP contribution in [-0.4, -0.2) is 13.1 Å². The van der Waals surface area contributed by atoms with Crippen molar-refractivity contribution in [1.82, 2.24) is 0 Å². The van der Waals surface area contributed by atoms with E-state index in [0.29, 0.717) is 6.42 Å². The van der Waals surface area contributed by atoms with Crippen LogP contribution in [-0.2, 0) is 9.53 Å². The zero-order valence-electron chi connectivity index (χ0n) is 10.2. The van der Waals surface area contributed by atoms with E-state index in [9.17, 15) is 4.79 Å². The molecule has 0 aromatic heterocycles. The molecule has 0 rings (SSSR count). The normalized spacial score (nSPS) is 10.9. The Kier molecular flexibility index (Phi) is 12.2. The van der Waals surface area contributed by atoms with Crippen molar-refractivity contribution in [2.75, 3.05) is 7.11 Å². The Morgan fingerprint density at radius 2 is 1.62 bits per heavy atom. The molecule has 0 atom stereocenters. The van der Waals surface area contributed by atoms with Gasteiger partial charge in [-0.25, -0.2) is 0 Å². The molecule has 16 heavy (non-hydrogen) atoms. The quantitative estimate of drug-likeness (QED) is 0.421. The van der Waals surface area contributed by atoms with Crippen molar-refractivity contribution in [2.45, 2.75) is 57.8 Å². The average molecular weight is 247 g/mol. The summed E-state index contributed by atoms with van der Waals surface area (Å²) < 4.78 is 4.58. The molecule has 0 aromatic rings. The molecule has 0 amide bonds. The summed E-state index contributed by atoms with van der Waals surface area (Å²) in [6.07, 6.45) is 12.0. The highest BCUT2D eigenvalue weighted by atomic mass is 35.5. The van der Waals surface area contributed by atoms with E-state index < -0.39 is 0 Å². The lowest BCUT2D eigenvalue weighted by molar-refractivity contribution is -0.140. The predicted octanol–water partition coefficient (Wildman–Crippen LogP) is 4.42. The molecule has 0 aromatic carbocycles. The largest absolute Gasteiger partial charge is 0.469 e. The SMILES string of the molecule is COC(=O)CCCCCCCCC/C=C\Cl. The van der Waals surface area contributed by atoms with E-state index in [1.807, 2.05) is 6.08 Å². The Bertz CT molecular complexity index is 190. The number of unbranched alkanes of at least 4 members (excludes halogenated alkanes) is 7. The van der Waals surface area contributed by atoms with E-state index in [1.54, 1.807) is 5.54 Å². The third kappa shape index (κ3) is 11.6. The highest BCUT2D eigenvalue weighted by Gasteiger charge is 1.98. The van der Waals surface area contributed by atoms with Gasteiger partial charge in [0.25, 0.3) is 0 Å². The molecule has 0 N–H and O–H groups in total. The highest BCUT2D eigenvalue weighted by Crippen LogP contribution is 2.10. The summed E-state index contributed by atoms with van der Waals surface area (Å²) in [4.78, 5) is 10.8. The van der Waals surface area contributed by atoms with Crippen LogP contribution in [0.25, 0.3) is 0 Å². The Morgan fingerprint density at radius 1 is 1.06 bits per heavy atom. The van der Waals surface area contributed by atoms with E-state index in [0.717, 1.165) is 19.3 Å². The molecule has 0 heterocycles. The maximum Gasteiger partial charge on any atom is 0.305 e. The second-order valence-corrected chi connectivity index (χ2v) is 4.20. The first kappa shape index (κ1) is 15.5. The van der Waals surface area contributed by atoms with Gasteiger partial charge < -0.3 is 4.74 Å². The Labute approximate surface area is 104 Å². The highest BCUT2D eigenvalue weighted by molar-refractivity contribution is 6.25. The van der Waals surface area contributed by atoms with E-state index in [1.165, 1.54) is 39.2 Å². The van der Waals surface area contributed by atoms with Crippen LogP contribution in [0, 0.1) is 0 Å². The molecule has 0 aliphatic rings. The van der Waals surface area contributed by atoms with Crippen LogP contribution >= 0.6 is 11.6 Å². The lowest BCUT2D eigenvalue weighted by Crippen LogP contribution is -1.99. The number of hydrogen-bond acceptors (Lipinski definition) is 2. The molecule has 0 spiro atoms. The number of carbonyl (C=O) groups is 1. The van der Waals surface area contributed by atoms with Crippen molar-refractivity contribution >= 4 is 17.6 Å². The fourth-order valence-corrected chi connectivity index (χ4v) is 1.71. The maximum absolute atomic E-state index is 10.8. The van der Waals surface area contributed by atoms with Gasteiger partial charge in [-0.2, -0.15) is 0 Å². The summed E-state index contributed by atoms with van der Waals surface area (Å²) in [5.41, 5.74) is 1.59. The minimum absolute atomic E-state index is 0.0899. The van der Waals surface area contributed by atoms with Crippen molar-refractivity contribution in [3.63, 3.8) is 0 Å². The monoisotopic (exact) mass is 246 g/mol. The Hall–Kier alpha value is -0.500. The van der Waals surface area contributed by atoms with Gasteiger partial charge in [-0.15, -0.1) is 0 Å². The van der Waals surface area contributed by atoms with Crippen molar-refractivity contribution in [2.24, 2.45) is 0 Å². The van der Waals surface area contributed by atoms with Crippen molar-refractivity contribution < 1.29 is 9.53 Å². The van der Waals surface area contributed by atoms with Gasteiger partial charge in [0.15, 0.2) is 0 Å². The molecule has 0 saturated heterocycles. The number of hydrogen-bond donors (Lipinski definition) is 0. The minimum atomic E-state index is -0.0899. The van der Waals surface area contributed by atoms with Gasteiger partial charge in [0.2, 0.25) is 0 Å². The predicted molar refractivity (Wildman–Crippen MR) is 68.6 cm³/mol. The number of rotatable bonds is 10. The molecule has 3 heteroatoms. The second-order valence-electron chi connectivity index (χ2n) is 3.95. The van der Waals surface area contributed by atoms with Crippen LogP contribution in [0.3, 0.4) is 0 Å². The van der Waals surface area contributed by atoms with Crippen molar-refractivity contribution in [3.05, 3.63) is 11.6 Å². The fraction of sp³-hybridized carbons (Fsp3) is 0.769. The fourth-order valence-electron chi connectivity index (χ4n) is 1.58. The molecule has 0 fully saturated rings. The van der Waals surface area contributed by atoms with Crippen LogP contribution < -0.4 is 0 Å². The Morgan fingerprint density at radius 3 is 2.19 bits per heavy atom. The molecule has 0 radical (unpaired) electrons. The second kappa shape index (κ2) is 12.6. The first-order valence-corrected chi connectivity index (χ1v) is 6.57. The summed E-state index contributed by atoms with van der Waals surface area (Å²) in [7, 11) is 1.44. The van der Waals surface area contributed by atoms with Gasteiger partial charge in [0.05, 0.1) is 7.11 Å². The van der Waals surface area contributed by atoms with Gasteiger partial charge in [-0.05, 0) is 19.3 Å². The number of carbonyl (C=O) groups excluding carboxylic acids is 1. The number of ether oxygens (including phenoxy) is 1.